The molecule has 0 aliphatic carbocycles. The molecule has 5 rings (SSSR count). The third kappa shape index (κ3) is 8.67. The molecule has 1 nitrogen and oxygen atoms in total. The van der Waals surface area contributed by atoms with Crippen molar-refractivity contribution in [3.8, 4) is 0 Å². The molecule has 0 saturated carbocycles. The van der Waals surface area contributed by atoms with Gasteiger partial charge in [0.15, 0.2) is 0 Å². The van der Waals surface area contributed by atoms with Gasteiger partial charge in [0.05, 0.1) is 48.9 Å². The normalized spacial score (nSPS) is 15.6. The summed E-state index contributed by atoms with van der Waals surface area (Å²) in [5.74, 6) is 0. The van der Waals surface area contributed by atoms with Crippen LogP contribution < -0.4 is 21.9 Å². The Balaban J connectivity index is 0.000000541. The van der Waals surface area contributed by atoms with Gasteiger partial charge in [-0.3, -0.25) is 0 Å². The lowest BCUT2D eigenvalue weighted by Crippen LogP contribution is -2.74. The van der Waals surface area contributed by atoms with Crippen LogP contribution in [0.4, 0.5) is 52.7 Å². The summed E-state index contributed by atoms with van der Waals surface area (Å²) in [5.41, 5.74) is -4.29. The topological polar surface area (TPSA) is 0 Å². The molecule has 1 fully saturated rings. The summed E-state index contributed by atoms with van der Waals surface area (Å²) < 4.78 is 161. The van der Waals surface area contributed by atoms with Crippen LogP contribution in [0.2, 0.25) is 0 Å². The number of nitrogens with zero attached hydrogens (tertiary/aromatic N) is 1. The van der Waals surface area contributed by atoms with E-state index in [9.17, 15) is 52.7 Å². The van der Waals surface area contributed by atoms with Gasteiger partial charge in [0.1, 0.15) is 6.15 Å². The zero-order valence-corrected chi connectivity index (χ0v) is 27.0. The highest BCUT2D eigenvalue weighted by Gasteiger charge is 2.38. The number of piperidine rings is 1. The van der Waals surface area contributed by atoms with E-state index in [0.29, 0.717) is 48.5 Å². The molecule has 0 bridgehead atoms. The van der Waals surface area contributed by atoms with Gasteiger partial charge in [0.25, 0.3) is 0 Å². The molecule has 0 radical (unpaired) electrons. The molecule has 0 N–H and O–H groups in total. The number of quaternary nitrogens is 1. The van der Waals surface area contributed by atoms with Crippen LogP contribution in [-0.4, -0.2) is 37.3 Å². The fourth-order valence-corrected chi connectivity index (χ4v) is 6.59. The molecule has 1 aliphatic heterocycles. The first kappa shape index (κ1) is 38.9. The van der Waals surface area contributed by atoms with E-state index in [2.05, 4.69) is 14.0 Å². The highest BCUT2D eigenvalue weighted by molar-refractivity contribution is 7.19. The second kappa shape index (κ2) is 14.4. The molecule has 50 heavy (non-hydrogen) atoms. The van der Waals surface area contributed by atoms with E-state index in [1.54, 1.807) is 0 Å². The predicted molar refractivity (Wildman–Crippen MR) is 170 cm³/mol. The van der Waals surface area contributed by atoms with Crippen LogP contribution >= 0.6 is 0 Å². The van der Waals surface area contributed by atoms with E-state index in [-0.39, 0.29) is 21.9 Å². The number of likely N-dealkylation sites (tertiary alicyclic amines) is 1. The minimum atomic E-state index is -4.77. The fourth-order valence-electron chi connectivity index (χ4n) is 6.59. The third-order valence-electron chi connectivity index (χ3n) is 9.61. The molecule has 270 valence electrons. The van der Waals surface area contributed by atoms with Crippen molar-refractivity contribution in [3.05, 3.63) is 119 Å². The summed E-state index contributed by atoms with van der Waals surface area (Å²) in [5, 5.41) is 0. The Morgan fingerprint density at radius 3 is 0.800 bits per heavy atom. The smallest absolute Gasteiger partial charge is 0.326 e. The molecule has 4 aromatic rings. The van der Waals surface area contributed by atoms with Gasteiger partial charge in [-0.1, -0.05) is 97.1 Å². The van der Waals surface area contributed by atoms with Crippen molar-refractivity contribution in [2.24, 2.45) is 0 Å². The lowest BCUT2D eigenvalue weighted by molar-refractivity contribution is -0.912. The van der Waals surface area contributed by atoms with E-state index >= 15 is 0 Å². The van der Waals surface area contributed by atoms with Crippen molar-refractivity contribution < 1.29 is 57.2 Å². The zero-order valence-electron chi connectivity index (χ0n) is 27.0. The van der Waals surface area contributed by atoms with Crippen molar-refractivity contribution in [1.82, 2.24) is 0 Å². The quantitative estimate of drug-likeness (QED) is 0.110. The summed E-state index contributed by atoms with van der Waals surface area (Å²) in [4.78, 5) is 0. The van der Waals surface area contributed by atoms with Crippen LogP contribution in [0.3, 0.4) is 0 Å². The number of hydrogen-bond acceptors (Lipinski definition) is 0. The summed E-state index contributed by atoms with van der Waals surface area (Å²) >= 11 is 0. The van der Waals surface area contributed by atoms with Crippen LogP contribution in [0.25, 0.3) is 0 Å². The van der Waals surface area contributed by atoms with Gasteiger partial charge in [0.2, 0.25) is 0 Å². The highest BCUT2D eigenvalue weighted by Crippen LogP contribution is 2.32. The number of benzene rings is 4. The minimum Gasteiger partial charge on any atom is -0.326 e. The van der Waals surface area contributed by atoms with Gasteiger partial charge < -0.3 is 4.48 Å². The molecule has 4 aromatic carbocycles. The van der Waals surface area contributed by atoms with E-state index < -0.39 is 53.1 Å². The molecule has 1 aliphatic rings. The zero-order chi connectivity index (χ0) is 37.2. The van der Waals surface area contributed by atoms with Crippen LogP contribution in [0, 0.1) is 0 Å². The standard InChI is InChI=1S/C28H16BF12.C8H18N/c30-25(31,32)17-1-9-21(10-2-17)29(22-11-3-18(4-12-22)26(33,34)35,23-13-5-19(6-14-23)27(36,37)38)24-15-7-20(8-16-24)28(39,40)41;1-3-9(2)7-5-4-6-8-9/h1-16H;3-8H2,1-2H3/q-1;+1. The summed E-state index contributed by atoms with van der Waals surface area (Å²) in [6, 6.07) is 13.6. The van der Waals surface area contributed by atoms with Gasteiger partial charge >= 0.3 is 24.7 Å². The lowest BCUT2D eigenvalue weighted by Gasteiger charge is -2.44. The maximum absolute atomic E-state index is 13.3. The second-order valence-corrected chi connectivity index (χ2v) is 12.8. The molecule has 1 heterocycles. The van der Waals surface area contributed by atoms with Crippen molar-refractivity contribution in [2.45, 2.75) is 50.9 Å². The Hall–Kier alpha value is -3.94. The average Bonchev–Trinajstić information content (AvgIpc) is 3.05. The van der Waals surface area contributed by atoms with E-state index in [4.69, 9.17) is 0 Å². The number of halogens is 12. The first-order valence-corrected chi connectivity index (χ1v) is 15.8. The minimum absolute atomic E-state index is 0.0114. The van der Waals surface area contributed by atoms with E-state index in [0.717, 1.165) is 48.5 Å². The fraction of sp³-hybridized carbons (Fsp3) is 0.333. The Bertz CT molecular complexity index is 1440. The van der Waals surface area contributed by atoms with Crippen LogP contribution in [0.1, 0.15) is 48.4 Å². The molecule has 0 spiro atoms. The molecule has 0 unspecified atom stereocenters. The highest BCUT2D eigenvalue weighted by atomic mass is 19.4. The van der Waals surface area contributed by atoms with Gasteiger partial charge in [-0.2, -0.15) is 74.5 Å². The molecule has 14 heteroatoms. The molecule has 0 amide bonds. The third-order valence-corrected chi connectivity index (χ3v) is 9.61. The van der Waals surface area contributed by atoms with Crippen molar-refractivity contribution in [3.63, 3.8) is 0 Å². The van der Waals surface area contributed by atoms with Crippen molar-refractivity contribution in [2.75, 3.05) is 26.7 Å². The molecular weight excluding hydrogens is 685 g/mol. The van der Waals surface area contributed by atoms with Crippen molar-refractivity contribution in [1.29, 1.82) is 0 Å². The monoisotopic (exact) mass is 719 g/mol. The lowest BCUT2D eigenvalue weighted by atomic mass is 9.13. The predicted octanol–water partition coefficient (Wildman–Crippen LogP) is 8.78. The molecule has 0 atom stereocenters. The molecule has 1 saturated heterocycles. The Kier molecular flexibility index (Phi) is 11.2. The summed E-state index contributed by atoms with van der Waals surface area (Å²) in [6.07, 6.45) is -17.6. The Labute approximate surface area is 282 Å². The van der Waals surface area contributed by atoms with Gasteiger partial charge in [-0.25, -0.2) is 0 Å². The maximum atomic E-state index is 13.3. The summed E-state index contributed by atoms with van der Waals surface area (Å²) in [7, 11) is 2.37. The number of hydrogen-bond donors (Lipinski definition) is 0. The van der Waals surface area contributed by atoms with Gasteiger partial charge in [-0.05, 0) is 26.2 Å². The van der Waals surface area contributed by atoms with E-state index in [1.807, 2.05) is 0 Å². The van der Waals surface area contributed by atoms with E-state index in [1.165, 1.54) is 43.4 Å². The first-order valence-electron chi connectivity index (χ1n) is 15.8. The summed E-state index contributed by atoms with van der Waals surface area (Å²) in [6.45, 7) is 6.44. The maximum Gasteiger partial charge on any atom is 0.416 e. The van der Waals surface area contributed by atoms with Crippen molar-refractivity contribution >= 4 is 28.0 Å². The Morgan fingerprint density at radius 1 is 0.420 bits per heavy atom. The number of rotatable bonds is 5. The van der Waals surface area contributed by atoms with Crippen LogP contribution in [0.5, 0.6) is 0 Å². The van der Waals surface area contributed by atoms with Gasteiger partial charge in [-0.15, -0.1) is 0 Å². The van der Waals surface area contributed by atoms with Gasteiger partial charge in [0, 0.05) is 0 Å². The second-order valence-electron chi connectivity index (χ2n) is 12.8. The first-order chi connectivity index (χ1) is 23.1. The van der Waals surface area contributed by atoms with Crippen LogP contribution in [0.15, 0.2) is 97.1 Å². The number of alkyl halides is 12. The molecule has 0 aromatic heterocycles. The average molecular weight is 719 g/mol. The molecular formula is C36H34BF12N. The SMILES string of the molecule is CC[N+]1(C)CCCCC1.FC(F)(F)c1ccc([B-](c2ccc(C(F)(F)F)cc2)(c2ccc(C(F)(F)F)cc2)c2ccc(C(F)(F)F)cc2)cc1. The Morgan fingerprint density at radius 2 is 0.640 bits per heavy atom. The van der Waals surface area contributed by atoms with Crippen LogP contribution in [-0.2, 0) is 24.7 Å². The largest absolute Gasteiger partial charge is 0.416 e.